The molecule has 1 aromatic heterocycles. The van der Waals surface area contributed by atoms with Crippen LogP contribution in [0.4, 0.5) is 4.79 Å². The Bertz CT molecular complexity index is 838. The van der Waals surface area contributed by atoms with Crippen LogP contribution in [0.5, 0.6) is 0 Å². The fourth-order valence-corrected chi connectivity index (χ4v) is 2.80. The lowest BCUT2D eigenvalue weighted by Gasteiger charge is -2.11. The monoisotopic (exact) mass is 373 g/mol. The first kappa shape index (κ1) is 20.2. The van der Waals surface area contributed by atoms with Crippen LogP contribution >= 0.6 is 0 Å². The van der Waals surface area contributed by atoms with Gasteiger partial charge in [0.15, 0.2) is 0 Å². The van der Waals surface area contributed by atoms with Crippen molar-refractivity contribution in [2.24, 2.45) is 0 Å². The van der Waals surface area contributed by atoms with Gasteiger partial charge in [-0.1, -0.05) is 30.3 Å². The van der Waals surface area contributed by atoms with E-state index < -0.39 is 18.0 Å². The summed E-state index contributed by atoms with van der Waals surface area (Å²) in [6, 6.07) is 9.15. The molecule has 0 amide bonds. The number of carbonyl (C=O) groups is 3. The SMILES string of the molecule is CCOC(=O)c1c(C)c(C(=O)OCC)n(C(=O)OCc2ccccc2)c1C. The van der Waals surface area contributed by atoms with Crippen molar-refractivity contribution < 1.29 is 28.6 Å². The molecule has 7 heteroatoms. The zero-order chi connectivity index (χ0) is 20.0. The maximum absolute atomic E-state index is 12.7. The molecule has 2 aromatic rings. The van der Waals surface area contributed by atoms with E-state index in [0.29, 0.717) is 5.56 Å². The lowest BCUT2D eigenvalue weighted by atomic mass is 10.1. The van der Waals surface area contributed by atoms with E-state index in [4.69, 9.17) is 14.2 Å². The first-order chi connectivity index (χ1) is 12.9. The van der Waals surface area contributed by atoms with E-state index in [0.717, 1.165) is 10.1 Å². The van der Waals surface area contributed by atoms with Gasteiger partial charge in [0.1, 0.15) is 12.3 Å². The summed E-state index contributed by atoms with van der Waals surface area (Å²) in [5, 5.41) is 0. The van der Waals surface area contributed by atoms with Gasteiger partial charge in [0.25, 0.3) is 0 Å². The van der Waals surface area contributed by atoms with Crippen LogP contribution in [0.15, 0.2) is 30.3 Å². The standard InChI is InChI=1S/C20H23NO6/c1-5-25-18(22)16-13(3)17(19(23)26-6-2)21(14(16)4)20(24)27-12-15-10-8-7-9-11-15/h7-11H,5-6,12H2,1-4H3. The third-order valence-corrected chi connectivity index (χ3v) is 3.99. The molecule has 0 bridgehead atoms. The minimum absolute atomic E-state index is 0.0320. The number of hydrogen-bond acceptors (Lipinski definition) is 6. The summed E-state index contributed by atoms with van der Waals surface area (Å²) in [5.74, 6) is -1.31. The molecule has 1 heterocycles. The van der Waals surface area contributed by atoms with Crippen molar-refractivity contribution in [2.45, 2.75) is 34.3 Å². The van der Waals surface area contributed by atoms with E-state index in [2.05, 4.69) is 0 Å². The largest absolute Gasteiger partial charge is 0.462 e. The zero-order valence-electron chi connectivity index (χ0n) is 15.9. The lowest BCUT2D eigenvalue weighted by molar-refractivity contribution is 0.0508. The third-order valence-electron chi connectivity index (χ3n) is 3.99. The van der Waals surface area contributed by atoms with Crippen molar-refractivity contribution in [1.82, 2.24) is 4.57 Å². The van der Waals surface area contributed by atoms with Crippen LogP contribution in [0.3, 0.4) is 0 Å². The molecule has 0 N–H and O–H groups in total. The molecule has 0 atom stereocenters. The summed E-state index contributed by atoms with van der Waals surface area (Å²) in [4.78, 5) is 37.4. The van der Waals surface area contributed by atoms with Gasteiger partial charge in [-0.05, 0) is 38.8 Å². The minimum Gasteiger partial charge on any atom is -0.462 e. The van der Waals surface area contributed by atoms with Crippen LogP contribution in [0.1, 0.15) is 51.5 Å². The van der Waals surface area contributed by atoms with Gasteiger partial charge in [0.2, 0.25) is 0 Å². The fourth-order valence-electron chi connectivity index (χ4n) is 2.80. The Morgan fingerprint density at radius 3 is 2.07 bits per heavy atom. The van der Waals surface area contributed by atoms with Gasteiger partial charge in [-0.3, -0.25) is 0 Å². The summed E-state index contributed by atoms with van der Waals surface area (Å²) < 4.78 is 16.5. The van der Waals surface area contributed by atoms with Crippen molar-refractivity contribution in [3.63, 3.8) is 0 Å². The minimum atomic E-state index is -0.766. The molecule has 0 aliphatic rings. The molecule has 0 aliphatic heterocycles. The van der Waals surface area contributed by atoms with Gasteiger partial charge < -0.3 is 14.2 Å². The van der Waals surface area contributed by atoms with Gasteiger partial charge in [0.05, 0.1) is 18.8 Å². The topological polar surface area (TPSA) is 83.8 Å². The van der Waals surface area contributed by atoms with E-state index in [1.807, 2.05) is 30.3 Å². The molecule has 0 fully saturated rings. The van der Waals surface area contributed by atoms with Crippen molar-refractivity contribution in [3.8, 4) is 0 Å². The first-order valence-corrected chi connectivity index (χ1v) is 8.69. The van der Waals surface area contributed by atoms with E-state index in [-0.39, 0.29) is 36.8 Å². The number of hydrogen-bond donors (Lipinski definition) is 0. The average molecular weight is 373 g/mol. The Morgan fingerprint density at radius 2 is 1.48 bits per heavy atom. The van der Waals surface area contributed by atoms with Crippen molar-refractivity contribution >= 4 is 18.0 Å². The average Bonchev–Trinajstić information content (AvgIpc) is 2.91. The second-order valence-corrected chi connectivity index (χ2v) is 5.75. The smallest absolute Gasteiger partial charge is 0.419 e. The van der Waals surface area contributed by atoms with Crippen LogP contribution < -0.4 is 0 Å². The second kappa shape index (κ2) is 9.02. The number of esters is 2. The third kappa shape index (κ3) is 4.36. The van der Waals surface area contributed by atoms with Gasteiger partial charge in [-0.15, -0.1) is 0 Å². The molecule has 0 saturated heterocycles. The molecule has 27 heavy (non-hydrogen) atoms. The van der Waals surface area contributed by atoms with E-state index >= 15 is 0 Å². The van der Waals surface area contributed by atoms with E-state index in [1.165, 1.54) is 0 Å². The van der Waals surface area contributed by atoms with Crippen molar-refractivity contribution in [3.05, 3.63) is 58.4 Å². The van der Waals surface area contributed by atoms with Crippen LogP contribution in [-0.4, -0.2) is 35.8 Å². The summed E-state index contributed by atoms with van der Waals surface area (Å²) >= 11 is 0. The Labute approximate surface area is 157 Å². The van der Waals surface area contributed by atoms with Crippen LogP contribution in [0, 0.1) is 13.8 Å². The van der Waals surface area contributed by atoms with Crippen LogP contribution in [-0.2, 0) is 20.8 Å². The summed E-state index contributed by atoms with van der Waals surface area (Å²) in [7, 11) is 0. The van der Waals surface area contributed by atoms with Crippen LogP contribution in [0.2, 0.25) is 0 Å². The number of ether oxygens (including phenoxy) is 3. The quantitative estimate of drug-likeness (QED) is 0.568. The maximum Gasteiger partial charge on any atom is 0.419 e. The lowest BCUT2D eigenvalue weighted by Crippen LogP contribution is -2.22. The van der Waals surface area contributed by atoms with Crippen LogP contribution in [0.25, 0.3) is 0 Å². The predicted octanol–water partition coefficient (Wildman–Crippen LogP) is 3.64. The molecule has 0 radical (unpaired) electrons. The molecule has 2 rings (SSSR count). The highest BCUT2D eigenvalue weighted by Crippen LogP contribution is 2.25. The van der Waals surface area contributed by atoms with Gasteiger partial charge in [0, 0.05) is 5.69 Å². The molecular weight excluding hydrogens is 350 g/mol. The zero-order valence-corrected chi connectivity index (χ0v) is 15.9. The Hall–Kier alpha value is -3.09. The number of rotatable bonds is 6. The highest BCUT2D eigenvalue weighted by Gasteiger charge is 2.31. The van der Waals surface area contributed by atoms with Crippen molar-refractivity contribution in [2.75, 3.05) is 13.2 Å². The summed E-state index contributed by atoms with van der Waals surface area (Å²) in [6.07, 6.45) is -0.766. The van der Waals surface area contributed by atoms with E-state index in [1.54, 1.807) is 27.7 Å². The number of nitrogens with zero attached hydrogens (tertiary/aromatic N) is 1. The van der Waals surface area contributed by atoms with Gasteiger partial charge >= 0.3 is 18.0 Å². The molecule has 1 aromatic carbocycles. The molecule has 7 nitrogen and oxygen atoms in total. The highest BCUT2D eigenvalue weighted by atomic mass is 16.6. The molecular formula is C20H23NO6. The van der Waals surface area contributed by atoms with Crippen molar-refractivity contribution in [1.29, 1.82) is 0 Å². The number of carbonyl (C=O) groups excluding carboxylic acids is 3. The molecule has 0 unspecified atom stereocenters. The summed E-state index contributed by atoms with van der Waals surface area (Å²) in [6.45, 7) is 6.82. The normalized spacial score (nSPS) is 10.4. The first-order valence-electron chi connectivity index (χ1n) is 8.69. The van der Waals surface area contributed by atoms with Gasteiger partial charge in [-0.2, -0.15) is 0 Å². The number of aromatic nitrogens is 1. The Kier molecular flexibility index (Phi) is 6.76. The molecule has 0 spiro atoms. The van der Waals surface area contributed by atoms with Gasteiger partial charge in [-0.25, -0.2) is 19.0 Å². The molecule has 144 valence electrons. The van der Waals surface area contributed by atoms with E-state index in [9.17, 15) is 14.4 Å². The number of benzene rings is 1. The highest BCUT2D eigenvalue weighted by molar-refractivity contribution is 6.01. The Morgan fingerprint density at radius 1 is 0.889 bits per heavy atom. The summed E-state index contributed by atoms with van der Waals surface area (Å²) in [5.41, 5.74) is 1.52. The Balaban J connectivity index is 2.42. The molecule has 0 aliphatic carbocycles. The predicted molar refractivity (Wildman–Crippen MR) is 97.8 cm³/mol. The maximum atomic E-state index is 12.7. The molecule has 0 saturated carbocycles. The second-order valence-electron chi connectivity index (χ2n) is 5.75. The fraction of sp³-hybridized carbons (Fsp3) is 0.350.